The first-order valence-corrected chi connectivity index (χ1v) is 5.44. The molecule has 0 saturated carbocycles. The zero-order valence-corrected chi connectivity index (χ0v) is 10.8. The maximum absolute atomic E-state index is 8.73. The van der Waals surface area contributed by atoms with Gasteiger partial charge >= 0.3 is 0 Å². The Hall–Kier alpha value is -2.30. The van der Waals surface area contributed by atoms with Crippen molar-refractivity contribution in [3.05, 3.63) is 34.9 Å². The number of rotatable bonds is 4. The Labute approximate surface area is 107 Å². The maximum Gasteiger partial charge on any atom is 0.130 e. The predicted molar refractivity (Wildman–Crippen MR) is 69.6 cm³/mol. The average molecular weight is 241 g/mol. The number of benzene rings is 1. The van der Waals surface area contributed by atoms with Gasteiger partial charge in [-0.3, -0.25) is 0 Å². The van der Waals surface area contributed by atoms with E-state index in [1.165, 1.54) is 0 Å². The van der Waals surface area contributed by atoms with Crippen molar-refractivity contribution >= 4 is 6.08 Å². The van der Waals surface area contributed by atoms with Crippen LogP contribution in [-0.4, -0.2) is 26.1 Å². The van der Waals surface area contributed by atoms with Gasteiger partial charge in [-0.2, -0.15) is 10.5 Å². The van der Waals surface area contributed by atoms with E-state index in [1.54, 1.807) is 13.2 Å². The van der Waals surface area contributed by atoms with Gasteiger partial charge in [-0.15, -0.1) is 0 Å². The van der Waals surface area contributed by atoms with Gasteiger partial charge in [-0.25, -0.2) is 0 Å². The fourth-order valence-electron chi connectivity index (χ4n) is 1.61. The highest BCUT2D eigenvalue weighted by Crippen LogP contribution is 2.22. The van der Waals surface area contributed by atoms with E-state index in [9.17, 15) is 0 Å². The summed E-state index contributed by atoms with van der Waals surface area (Å²) in [6, 6.07) is 9.29. The van der Waals surface area contributed by atoms with Gasteiger partial charge in [-0.1, -0.05) is 6.07 Å². The van der Waals surface area contributed by atoms with Gasteiger partial charge in [0.15, 0.2) is 0 Å². The number of allylic oxidation sites excluding steroid dienone is 1. The molecule has 0 amide bonds. The maximum atomic E-state index is 8.73. The lowest BCUT2D eigenvalue weighted by atomic mass is 10.1. The minimum Gasteiger partial charge on any atom is -0.496 e. The topological polar surface area (TPSA) is 60.0 Å². The van der Waals surface area contributed by atoms with Crippen molar-refractivity contribution in [3.63, 3.8) is 0 Å². The molecule has 0 atom stereocenters. The molecule has 0 aliphatic carbocycles. The highest BCUT2D eigenvalue weighted by molar-refractivity contribution is 5.63. The minimum atomic E-state index is 0.0935. The van der Waals surface area contributed by atoms with Gasteiger partial charge in [0.05, 0.1) is 7.11 Å². The first kappa shape index (κ1) is 13.8. The van der Waals surface area contributed by atoms with Crippen LogP contribution in [0.25, 0.3) is 6.08 Å². The molecule has 18 heavy (non-hydrogen) atoms. The first-order valence-electron chi connectivity index (χ1n) is 5.44. The average Bonchev–Trinajstić information content (AvgIpc) is 2.35. The number of nitrogens with zero attached hydrogens (tertiary/aromatic N) is 3. The van der Waals surface area contributed by atoms with Crippen LogP contribution in [0.15, 0.2) is 23.8 Å². The smallest absolute Gasteiger partial charge is 0.130 e. The molecular formula is C14H15N3O. The predicted octanol–water partition coefficient (Wildman–Crippen LogP) is 2.19. The molecule has 1 aromatic rings. The molecule has 92 valence electrons. The third-order valence-corrected chi connectivity index (χ3v) is 2.34. The number of nitriles is 2. The Kier molecular flexibility index (Phi) is 4.92. The summed E-state index contributed by atoms with van der Waals surface area (Å²) in [5, 5.41) is 17.5. The quantitative estimate of drug-likeness (QED) is 0.758. The lowest BCUT2D eigenvalue weighted by Gasteiger charge is -2.14. The van der Waals surface area contributed by atoms with Gasteiger partial charge in [-0.05, 0) is 37.9 Å². The van der Waals surface area contributed by atoms with Gasteiger partial charge in [0.25, 0.3) is 0 Å². The van der Waals surface area contributed by atoms with Crippen LogP contribution in [0.2, 0.25) is 0 Å². The van der Waals surface area contributed by atoms with Gasteiger partial charge in [0.2, 0.25) is 0 Å². The molecule has 0 radical (unpaired) electrons. The summed E-state index contributed by atoms with van der Waals surface area (Å²) in [5.41, 5.74) is 1.94. The van der Waals surface area contributed by atoms with E-state index >= 15 is 0 Å². The highest BCUT2D eigenvalue weighted by atomic mass is 16.5. The standard InChI is InChI=1S/C14H15N3O/c1-17(2)10-13-7-11(4-5-14(13)18-3)6-12(8-15)9-16/h4-7H,10H2,1-3H3. The molecular weight excluding hydrogens is 226 g/mol. The molecule has 0 saturated heterocycles. The highest BCUT2D eigenvalue weighted by Gasteiger charge is 2.05. The molecule has 0 bridgehead atoms. The SMILES string of the molecule is COc1ccc(C=C(C#N)C#N)cc1CN(C)C. The van der Waals surface area contributed by atoms with Crippen LogP contribution in [0.5, 0.6) is 5.75 Å². The van der Waals surface area contributed by atoms with Crippen LogP contribution < -0.4 is 4.74 Å². The number of hydrogen-bond donors (Lipinski definition) is 0. The largest absolute Gasteiger partial charge is 0.496 e. The van der Waals surface area contributed by atoms with Gasteiger partial charge in [0, 0.05) is 12.1 Å². The Balaban J connectivity index is 3.15. The van der Waals surface area contributed by atoms with Crippen LogP contribution in [-0.2, 0) is 6.54 Å². The van der Waals surface area contributed by atoms with E-state index in [0.29, 0.717) is 0 Å². The summed E-state index contributed by atoms with van der Waals surface area (Å²) in [5.74, 6) is 0.802. The van der Waals surface area contributed by atoms with E-state index in [1.807, 2.05) is 49.3 Å². The Bertz CT molecular complexity index is 517. The molecule has 4 heteroatoms. The number of hydrogen-bond acceptors (Lipinski definition) is 4. The van der Waals surface area contributed by atoms with Crippen molar-refractivity contribution in [2.45, 2.75) is 6.54 Å². The molecule has 0 aliphatic rings. The first-order chi connectivity index (χ1) is 8.60. The molecule has 0 heterocycles. The number of methoxy groups -OCH3 is 1. The van der Waals surface area contributed by atoms with Gasteiger partial charge < -0.3 is 9.64 Å². The summed E-state index contributed by atoms with van der Waals surface area (Å²) >= 11 is 0. The summed E-state index contributed by atoms with van der Waals surface area (Å²) < 4.78 is 5.28. The fourth-order valence-corrected chi connectivity index (χ4v) is 1.61. The molecule has 0 unspecified atom stereocenters. The molecule has 1 rings (SSSR count). The molecule has 0 aliphatic heterocycles. The van der Waals surface area contributed by atoms with Crippen molar-refractivity contribution in [2.24, 2.45) is 0 Å². The number of ether oxygens (including phenoxy) is 1. The third kappa shape index (κ3) is 3.62. The Morgan fingerprint density at radius 1 is 1.33 bits per heavy atom. The molecule has 0 spiro atoms. The minimum absolute atomic E-state index is 0.0935. The monoisotopic (exact) mass is 241 g/mol. The second kappa shape index (κ2) is 6.44. The lowest BCUT2D eigenvalue weighted by Crippen LogP contribution is -2.11. The van der Waals surface area contributed by atoms with E-state index in [0.717, 1.165) is 23.4 Å². The molecule has 0 aromatic heterocycles. The lowest BCUT2D eigenvalue weighted by molar-refractivity contribution is 0.372. The van der Waals surface area contributed by atoms with Crippen LogP contribution in [0.4, 0.5) is 0 Å². The molecule has 0 N–H and O–H groups in total. The van der Waals surface area contributed by atoms with Crippen molar-refractivity contribution < 1.29 is 4.74 Å². The normalized spacial score (nSPS) is 9.44. The van der Waals surface area contributed by atoms with Crippen LogP contribution in [0.3, 0.4) is 0 Å². The van der Waals surface area contributed by atoms with Crippen molar-refractivity contribution in [1.82, 2.24) is 4.90 Å². The summed E-state index contributed by atoms with van der Waals surface area (Å²) in [7, 11) is 5.57. The van der Waals surface area contributed by atoms with Crippen LogP contribution >= 0.6 is 0 Å². The van der Waals surface area contributed by atoms with E-state index < -0.39 is 0 Å². The Morgan fingerprint density at radius 2 is 2.00 bits per heavy atom. The van der Waals surface area contributed by atoms with Gasteiger partial charge in [0.1, 0.15) is 23.5 Å². The zero-order chi connectivity index (χ0) is 13.5. The van der Waals surface area contributed by atoms with Crippen LogP contribution in [0, 0.1) is 22.7 Å². The van der Waals surface area contributed by atoms with Crippen molar-refractivity contribution in [2.75, 3.05) is 21.2 Å². The summed E-state index contributed by atoms with van der Waals surface area (Å²) in [4.78, 5) is 2.03. The fraction of sp³-hybridized carbons (Fsp3) is 0.286. The van der Waals surface area contributed by atoms with E-state index in [2.05, 4.69) is 0 Å². The third-order valence-electron chi connectivity index (χ3n) is 2.34. The van der Waals surface area contributed by atoms with Crippen LogP contribution in [0.1, 0.15) is 11.1 Å². The Morgan fingerprint density at radius 3 is 2.50 bits per heavy atom. The van der Waals surface area contributed by atoms with E-state index in [4.69, 9.17) is 15.3 Å². The summed E-state index contributed by atoms with van der Waals surface area (Å²) in [6.45, 7) is 0.735. The van der Waals surface area contributed by atoms with E-state index in [-0.39, 0.29) is 5.57 Å². The zero-order valence-electron chi connectivity index (χ0n) is 10.8. The molecule has 0 fully saturated rings. The second-order valence-corrected chi connectivity index (χ2v) is 4.09. The summed E-state index contributed by atoms with van der Waals surface area (Å²) in [6.07, 6.45) is 1.57. The van der Waals surface area contributed by atoms with Crippen molar-refractivity contribution in [3.8, 4) is 17.9 Å². The molecule has 4 nitrogen and oxygen atoms in total. The second-order valence-electron chi connectivity index (χ2n) is 4.09. The van der Waals surface area contributed by atoms with Crippen molar-refractivity contribution in [1.29, 1.82) is 10.5 Å². The molecule has 1 aromatic carbocycles.